The number of rotatable bonds is 3. The number of benzene rings is 1. The van der Waals surface area contributed by atoms with Crippen molar-refractivity contribution in [3.63, 3.8) is 0 Å². The zero-order chi connectivity index (χ0) is 13.9. The molecule has 100 valence electrons. The highest BCUT2D eigenvalue weighted by molar-refractivity contribution is 6.33. The lowest BCUT2D eigenvalue weighted by molar-refractivity contribution is 0.796. The summed E-state index contributed by atoms with van der Waals surface area (Å²) in [4.78, 5) is 16.0. The molecule has 0 atom stereocenters. The molecule has 3 rings (SSSR count). The Hall–Kier alpha value is -2.25. The van der Waals surface area contributed by atoms with Crippen molar-refractivity contribution in [1.82, 2.24) is 29.7 Å². The number of nitrogens with one attached hydrogen (secondary N) is 1. The Bertz CT molecular complexity index is 729. The molecule has 1 aromatic carbocycles. The monoisotopic (exact) mass is 307 g/mol. The maximum atomic E-state index is 6.06. The van der Waals surface area contributed by atoms with Gasteiger partial charge in [0, 0.05) is 0 Å². The van der Waals surface area contributed by atoms with Crippen LogP contribution in [0.1, 0.15) is 0 Å². The Morgan fingerprint density at radius 1 is 1.05 bits per heavy atom. The molecule has 9 heteroatoms. The fourth-order valence-electron chi connectivity index (χ4n) is 1.49. The second kappa shape index (κ2) is 5.40. The summed E-state index contributed by atoms with van der Waals surface area (Å²) in [6.07, 6.45) is 2.84. The van der Waals surface area contributed by atoms with Crippen LogP contribution in [0.5, 0.6) is 0 Å². The number of para-hydroxylation sites is 1. The zero-order valence-electron chi connectivity index (χ0n) is 9.90. The van der Waals surface area contributed by atoms with Gasteiger partial charge in [0.2, 0.25) is 11.2 Å². The normalized spacial score (nSPS) is 10.5. The molecular weight excluding hydrogens is 301 g/mol. The average Bonchev–Trinajstić information content (AvgIpc) is 2.95. The van der Waals surface area contributed by atoms with E-state index in [4.69, 9.17) is 23.2 Å². The molecule has 0 amide bonds. The Balaban J connectivity index is 1.97. The summed E-state index contributed by atoms with van der Waals surface area (Å²) < 4.78 is 1.38. The standard InChI is InChI=1S/C11H7Cl2N7/c12-7-3-1-2-4-8(7)16-10-17-9(13)18-11(19-10)20-6-14-5-15-20/h1-6H,(H,16,17,18,19). The maximum Gasteiger partial charge on any atom is 0.258 e. The van der Waals surface area contributed by atoms with Gasteiger partial charge in [-0.2, -0.15) is 24.7 Å². The summed E-state index contributed by atoms with van der Waals surface area (Å²) in [7, 11) is 0. The maximum absolute atomic E-state index is 6.06. The third kappa shape index (κ3) is 2.68. The highest BCUT2D eigenvalue weighted by atomic mass is 35.5. The van der Waals surface area contributed by atoms with Gasteiger partial charge in [-0.15, -0.1) is 0 Å². The first-order valence-electron chi connectivity index (χ1n) is 5.50. The Morgan fingerprint density at radius 2 is 1.90 bits per heavy atom. The molecule has 0 saturated carbocycles. The van der Waals surface area contributed by atoms with Gasteiger partial charge in [-0.25, -0.2) is 4.98 Å². The van der Waals surface area contributed by atoms with Crippen LogP contribution in [0.2, 0.25) is 10.3 Å². The van der Waals surface area contributed by atoms with Crippen LogP contribution in [-0.2, 0) is 0 Å². The Labute approximate surface area is 123 Å². The van der Waals surface area contributed by atoms with Crippen LogP contribution in [0.15, 0.2) is 36.9 Å². The molecular formula is C11H7Cl2N7. The smallest absolute Gasteiger partial charge is 0.258 e. The molecule has 0 aliphatic carbocycles. The molecule has 20 heavy (non-hydrogen) atoms. The third-order valence-electron chi connectivity index (χ3n) is 2.34. The first kappa shape index (κ1) is 12.8. The highest BCUT2D eigenvalue weighted by Crippen LogP contribution is 2.23. The fourth-order valence-corrected chi connectivity index (χ4v) is 1.83. The van der Waals surface area contributed by atoms with Crippen LogP contribution >= 0.6 is 23.2 Å². The van der Waals surface area contributed by atoms with Crippen molar-refractivity contribution in [2.75, 3.05) is 5.32 Å². The van der Waals surface area contributed by atoms with Gasteiger partial charge in [-0.05, 0) is 23.7 Å². The van der Waals surface area contributed by atoms with E-state index in [0.717, 1.165) is 0 Å². The van der Waals surface area contributed by atoms with E-state index in [1.54, 1.807) is 12.1 Å². The van der Waals surface area contributed by atoms with Gasteiger partial charge in [-0.3, -0.25) is 0 Å². The largest absolute Gasteiger partial charge is 0.323 e. The molecule has 1 N–H and O–H groups in total. The van der Waals surface area contributed by atoms with E-state index >= 15 is 0 Å². The van der Waals surface area contributed by atoms with Crippen molar-refractivity contribution in [2.45, 2.75) is 0 Å². The lowest BCUT2D eigenvalue weighted by Crippen LogP contribution is -2.07. The third-order valence-corrected chi connectivity index (χ3v) is 2.84. The SMILES string of the molecule is Clc1nc(Nc2ccccc2Cl)nc(-n2cncn2)n1. The van der Waals surface area contributed by atoms with Crippen molar-refractivity contribution in [3.05, 3.63) is 47.2 Å². The molecule has 7 nitrogen and oxygen atoms in total. The van der Waals surface area contributed by atoms with Crippen LogP contribution < -0.4 is 5.32 Å². The van der Waals surface area contributed by atoms with E-state index in [0.29, 0.717) is 10.7 Å². The molecule has 0 radical (unpaired) electrons. The van der Waals surface area contributed by atoms with E-state index in [1.165, 1.54) is 17.3 Å². The Morgan fingerprint density at radius 3 is 2.65 bits per heavy atom. The van der Waals surface area contributed by atoms with Crippen molar-refractivity contribution in [1.29, 1.82) is 0 Å². The minimum Gasteiger partial charge on any atom is -0.323 e. The van der Waals surface area contributed by atoms with Gasteiger partial charge in [-0.1, -0.05) is 23.7 Å². The van der Waals surface area contributed by atoms with E-state index in [1.807, 2.05) is 12.1 Å². The minimum atomic E-state index is 0.0417. The van der Waals surface area contributed by atoms with Gasteiger partial charge < -0.3 is 5.32 Å². The molecule has 0 saturated heterocycles. The molecule has 2 aromatic heterocycles. The molecule has 3 aromatic rings. The molecule has 0 fully saturated rings. The molecule has 0 aliphatic heterocycles. The van der Waals surface area contributed by atoms with E-state index < -0.39 is 0 Å². The zero-order valence-corrected chi connectivity index (χ0v) is 11.4. The summed E-state index contributed by atoms with van der Waals surface area (Å²) >= 11 is 11.9. The summed E-state index contributed by atoms with van der Waals surface area (Å²) in [5.74, 6) is 0.528. The second-order valence-corrected chi connectivity index (χ2v) is 4.42. The van der Waals surface area contributed by atoms with Crippen molar-refractivity contribution in [3.8, 4) is 5.95 Å². The lowest BCUT2D eigenvalue weighted by Gasteiger charge is -2.07. The van der Waals surface area contributed by atoms with E-state index in [2.05, 4.69) is 30.4 Å². The van der Waals surface area contributed by atoms with E-state index in [-0.39, 0.29) is 17.2 Å². The molecule has 0 spiro atoms. The predicted octanol–water partition coefficient (Wildman–Crippen LogP) is 2.50. The van der Waals surface area contributed by atoms with Gasteiger partial charge in [0.25, 0.3) is 5.95 Å². The summed E-state index contributed by atoms with van der Waals surface area (Å²) in [5.41, 5.74) is 0.668. The minimum absolute atomic E-state index is 0.0417. The quantitative estimate of drug-likeness (QED) is 0.800. The van der Waals surface area contributed by atoms with Crippen LogP contribution in [0.4, 0.5) is 11.6 Å². The molecule has 2 heterocycles. The summed E-state index contributed by atoms with van der Waals surface area (Å²) in [6.45, 7) is 0. The van der Waals surface area contributed by atoms with E-state index in [9.17, 15) is 0 Å². The number of nitrogens with zero attached hydrogens (tertiary/aromatic N) is 6. The van der Waals surface area contributed by atoms with Gasteiger partial charge in [0.05, 0.1) is 10.7 Å². The number of aromatic nitrogens is 6. The fraction of sp³-hybridized carbons (Fsp3) is 0. The number of hydrogen-bond acceptors (Lipinski definition) is 6. The van der Waals surface area contributed by atoms with Crippen LogP contribution in [-0.4, -0.2) is 29.7 Å². The van der Waals surface area contributed by atoms with Crippen LogP contribution in [0.25, 0.3) is 5.95 Å². The number of halogens is 2. The summed E-state index contributed by atoms with van der Waals surface area (Å²) in [6, 6.07) is 7.23. The molecule has 0 bridgehead atoms. The first-order chi connectivity index (χ1) is 9.72. The highest BCUT2D eigenvalue weighted by Gasteiger charge is 2.08. The lowest BCUT2D eigenvalue weighted by atomic mass is 10.3. The molecule has 0 unspecified atom stereocenters. The van der Waals surface area contributed by atoms with Crippen molar-refractivity contribution in [2.24, 2.45) is 0 Å². The van der Waals surface area contributed by atoms with Crippen molar-refractivity contribution < 1.29 is 0 Å². The second-order valence-electron chi connectivity index (χ2n) is 3.67. The van der Waals surface area contributed by atoms with Gasteiger partial charge in [0.1, 0.15) is 12.7 Å². The predicted molar refractivity (Wildman–Crippen MR) is 74.5 cm³/mol. The number of anilines is 2. The topological polar surface area (TPSA) is 81.4 Å². The van der Waals surface area contributed by atoms with Crippen LogP contribution in [0, 0.1) is 0 Å². The first-order valence-corrected chi connectivity index (χ1v) is 6.26. The average molecular weight is 308 g/mol. The van der Waals surface area contributed by atoms with Gasteiger partial charge in [0.15, 0.2) is 0 Å². The summed E-state index contributed by atoms with van der Waals surface area (Å²) in [5, 5.41) is 7.50. The van der Waals surface area contributed by atoms with Gasteiger partial charge >= 0.3 is 0 Å². The van der Waals surface area contributed by atoms with Crippen molar-refractivity contribution >= 4 is 34.8 Å². The van der Waals surface area contributed by atoms with Crippen LogP contribution in [0.3, 0.4) is 0 Å². The number of hydrogen-bond donors (Lipinski definition) is 1. The molecule has 0 aliphatic rings. The Kier molecular flexibility index (Phi) is 3.44.